The van der Waals surface area contributed by atoms with Gasteiger partial charge in [-0.15, -0.1) is 0 Å². The highest BCUT2D eigenvalue weighted by Crippen LogP contribution is 2.47. The number of aliphatic hydroxyl groups is 5. The van der Waals surface area contributed by atoms with Gasteiger partial charge in [0.2, 0.25) is 0 Å². The summed E-state index contributed by atoms with van der Waals surface area (Å²) >= 11 is 0. The van der Waals surface area contributed by atoms with Crippen molar-refractivity contribution in [3.8, 4) is 0 Å². The molecule has 1 aliphatic rings. The largest absolute Gasteiger partial charge is 0.472 e. The quantitative estimate of drug-likeness (QED) is 0.0145. The van der Waals surface area contributed by atoms with E-state index in [2.05, 4.69) is 38.2 Å². The third-order valence-electron chi connectivity index (χ3n) is 13.0. The number of esters is 2. The zero-order valence-corrected chi connectivity index (χ0v) is 44.3. The van der Waals surface area contributed by atoms with Crippen LogP contribution in [0, 0.1) is 0 Å². The van der Waals surface area contributed by atoms with Crippen LogP contribution in [-0.4, -0.2) is 98.3 Å². The van der Waals surface area contributed by atoms with Crippen molar-refractivity contribution in [3.63, 3.8) is 0 Å². The highest BCUT2D eigenvalue weighted by atomic mass is 31.2. The number of hydrogen-bond donors (Lipinski definition) is 6. The maximum absolute atomic E-state index is 12.9. The van der Waals surface area contributed by atoms with Crippen LogP contribution in [0.5, 0.6) is 0 Å². The Kier molecular flexibility index (Phi) is 42.2. The summed E-state index contributed by atoms with van der Waals surface area (Å²) in [6.45, 7) is 3.29. The number of carbonyl (C=O) groups excluding carboxylic acids is 2. The summed E-state index contributed by atoms with van der Waals surface area (Å²) in [4.78, 5) is 35.8. The van der Waals surface area contributed by atoms with Crippen LogP contribution in [0.2, 0.25) is 0 Å². The van der Waals surface area contributed by atoms with Gasteiger partial charge in [-0.05, 0) is 57.8 Å². The monoisotopic (exact) mass is 1000 g/mol. The molecule has 1 fully saturated rings. The second kappa shape index (κ2) is 44.7. The van der Waals surface area contributed by atoms with Gasteiger partial charge in [0.25, 0.3) is 0 Å². The lowest BCUT2D eigenvalue weighted by Gasteiger charge is -2.41. The number of ether oxygens (including phenoxy) is 2. The Balaban J connectivity index is 2.38. The van der Waals surface area contributed by atoms with E-state index in [0.717, 1.165) is 25.7 Å². The second-order valence-corrected chi connectivity index (χ2v) is 20.8. The second-order valence-electron chi connectivity index (χ2n) is 19.4. The molecule has 14 heteroatoms. The summed E-state index contributed by atoms with van der Waals surface area (Å²) < 4.78 is 33.6. The van der Waals surface area contributed by atoms with E-state index in [1.54, 1.807) is 0 Å². The van der Waals surface area contributed by atoms with Gasteiger partial charge in [-0.3, -0.25) is 18.6 Å². The van der Waals surface area contributed by atoms with Crippen LogP contribution in [0.15, 0.2) is 36.5 Å². The first-order chi connectivity index (χ1) is 33.4. The van der Waals surface area contributed by atoms with Crippen molar-refractivity contribution >= 4 is 19.8 Å². The zero-order chi connectivity index (χ0) is 50.6. The SMILES string of the molecule is CCCCCCCCCCC/C=C/C/C=C/CCCC(=O)O[C@@H](COC(=O)CCC/C=C/CCCCCCCCCCCCCCCCCCCC)COP(=O)(O)OC1C(O)C(O)C(O)[C@H](O)C1O. The fourth-order valence-electron chi connectivity index (χ4n) is 8.51. The number of phosphoric ester groups is 1. The molecule has 6 N–H and O–H groups in total. The summed E-state index contributed by atoms with van der Waals surface area (Å²) in [7, 11) is -5.14. The molecule has 0 aromatic carbocycles. The Morgan fingerprint density at radius 2 is 0.783 bits per heavy atom. The summed E-state index contributed by atoms with van der Waals surface area (Å²) in [5.41, 5.74) is 0. The lowest BCUT2D eigenvalue weighted by molar-refractivity contribution is -0.220. The van der Waals surface area contributed by atoms with Crippen LogP contribution in [0.25, 0.3) is 0 Å². The molecule has 0 aromatic rings. The summed E-state index contributed by atoms with van der Waals surface area (Å²) in [6.07, 6.45) is 40.8. The fraction of sp³-hybridized carbons (Fsp3) is 0.855. The van der Waals surface area contributed by atoms with E-state index in [-0.39, 0.29) is 12.8 Å². The first-order valence-corrected chi connectivity index (χ1v) is 29.3. The van der Waals surface area contributed by atoms with E-state index in [0.29, 0.717) is 25.7 Å². The Morgan fingerprint density at radius 3 is 1.19 bits per heavy atom. The smallest absolute Gasteiger partial charge is 0.462 e. The normalized spacial score (nSPS) is 21.1. The fourth-order valence-corrected chi connectivity index (χ4v) is 9.48. The molecule has 0 aromatic heterocycles. The third kappa shape index (κ3) is 36.6. The maximum atomic E-state index is 12.9. The molecule has 69 heavy (non-hydrogen) atoms. The topological polar surface area (TPSA) is 210 Å². The predicted molar refractivity (Wildman–Crippen MR) is 277 cm³/mol. The van der Waals surface area contributed by atoms with Crippen molar-refractivity contribution in [2.45, 2.75) is 288 Å². The Bertz CT molecular complexity index is 1340. The Morgan fingerprint density at radius 1 is 0.449 bits per heavy atom. The van der Waals surface area contributed by atoms with Crippen LogP contribution in [-0.2, 0) is 32.7 Å². The van der Waals surface area contributed by atoms with Gasteiger partial charge < -0.3 is 39.9 Å². The number of allylic oxidation sites excluding steroid dienone is 6. The minimum atomic E-state index is -5.14. The highest BCUT2D eigenvalue weighted by Gasteiger charge is 2.51. The molecule has 13 nitrogen and oxygen atoms in total. The van der Waals surface area contributed by atoms with Crippen molar-refractivity contribution < 1.29 is 63.1 Å². The van der Waals surface area contributed by atoms with E-state index >= 15 is 0 Å². The highest BCUT2D eigenvalue weighted by molar-refractivity contribution is 7.47. The van der Waals surface area contributed by atoms with Crippen molar-refractivity contribution in [2.75, 3.05) is 13.2 Å². The summed E-state index contributed by atoms with van der Waals surface area (Å²) in [6, 6.07) is 0. The molecule has 6 unspecified atom stereocenters. The van der Waals surface area contributed by atoms with Crippen molar-refractivity contribution in [1.29, 1.82) is 0 Å². The van der Waals surface area contributed by atoms with Crippen LogP contribution in [0.4, 0.5) is 0 Å². The van der Waals surface area contributed by atoms with E-state index < -0.39 is 75.7 Å². The molecule has 8 atom stereocenters. The molecule has 0 heterocycles. The lowest BCUT2D eigenvalue weighted by Crippen LogP contribution is -2.64. The molecular weight excluding hydrogens is 900 g/mol. The third-order valence-corrected chi connectivity index (χ3v) is 13.9. The molecule has 0 bridgehead atoms. The van der Waals surface area contributed by atoms with Crippen LogP contribution >= 0.6 is 7.82 Å². The molecular formula is C55H101O13P. The number of aliphatic hydroxyl groups excluding tert-OH is 5. The van der Waals surface area contributed by atoms with Crippen LogP contribution in [0.3, 0.4) is 0 Å². The number of phosphoric acid groups is 1. The first kappa shape index (κ1) is 65.1. The number of rotatable bonds is 47. The molecule has 1 aliphatic carbocycles. The summed E-state index contributed by atoms with van der Waals surface area (Å²) in [5.74, 6) is -1.18. The average Bonchev–Trinajstić information content (AvgIpc) is 3.33. The maximum Gasteiger partial charge on any atom is 0.472 e. The van der Waals surface area contributed by atoms with Gasteiger partial charge >= 0.3 is 19.8 Å². The Labute approximate surface area is 418 Å². The van der Waals surface area contributed by atoms with Gasteiger partial charge in [-0.2, -0.15) is 0 Å². The van der Waals surface area contributed by atoms with Crippen LogP contribution < -0.4 is 0 Å². The van der Waals surface area contributed by atoms with E-state index in [1.165, 1.54) is 167 Å². The standard InChI is InChI=1S/C55H101O13P/c1-3-5-7-9-11-13-15-17-19-21-22-23-24-25-26-28-29-31-33-35-37-39-41-43-48(56)65-45-47(46-66-69(63,64)68-55-53(61)51(59)50(58)52(60)54(55)62)67-49(57)44-42-40-38-36-34-32-30-27-20-18-16-14-12-10-8-6-4-2/h30,32,35-38,47,50-55,58-62H,3-29,31,33-34,39-46H2,1-2H3,(H,63,64)/b32-30+,37-35+,38-36+/t47-,50?,51-,52?,53?,54?,55?/m0/s1. The molecule has 0 radical (unpaired) electrons. The van der Waals surface area contributed by atoms with Crippen LogP contribution in [0.1, 0.15) is 245 Å². The van der Waals surface area contributed by atoms with Gasteiger partial charge in [-0.25, -0.2) is 4.57 Å². The first-order valence-electron chi connectivity index (χ1n) is 27.8. The number of unbranched alkanes of at least 4 members (excludes halogenated alkanes) is 29. The summed E-state index contributed by atoms with van der Waals surface area (Å²) in [5, 5.41) is 50.3. The molecule has 0 spiro atoms. The molecule has 0 aliphatic heterocycles. The average molecular weight is 1000 g/mol. The van der Waals surface area contributed by atoms with Gasteiger partial charge in [0, 0.05) is 12.8 Å². The Hall–Kier alpha value is -1.93. The van der Waals surface area contributed by atoms with E-state index in [9.17, 15) is 44.6 Å². The predicted octanol–water partition coefficient (Wildman–Crippen LogP) is 12.5. The molecule has 0 saturated heterocycles. The van der Waals surface area contributed by atoms with Crippen molar-refractivity contribution in [1.82, 2.24) is 0 Å². The number of carbonyl (C=O) groups is 2. The van der Waals surface area contributed by atoms with Gasteiger partial charge in [0.15, 0.2) is 6.10 Å². The van der Waals surface area contributed by atoms with Crippen molar-refractivity contribution in [2.24, 2.45) is 0 Å². The number of hydrogen-bond acceptors (Lipinski definition) is 12. The van der Waals surface area contributed by atoms with E-state index in [1.807, 2.05) is 12.2 Å². The minimum absolute atomic E-state index is 0.0287. The van der Waals surface area contributed by atoms with Gasteiger partial charge in [-0.1, -0.05) is 211 Å². The lowest BCUT2D eigenvalue weighted by atomic mass is 9.85. The molecule has 0 amide bonds. The van der Waals surface area contributed by atoms with Gasteiger partial charge in [0.1, 0.15) is 43.2 Å². The molecule has 1 rings (SSSR count). The molecule has 404 valence electrons. The molecule has 1 saturated carbocycles. The zero-order valence-electron chi connectivity index (χ0n) is 43.4. The minimum Gasteiger partial charge on any atom is -0.462 e. The van der Waals surface area contributed by atoms with E-state index in [4.69, 9.17) is 18.5 Å². The van der Waals surface area contributed by atoms with Crippen molar-refractivity contribution in [3.05, 3.63) is 36.5 Å². The van der Waals surface area contributed by atoms with Gasteiger partial charge in [0.05, 0.1) is 6.61 Å².